The van der Waals surface area contributed by atoms with Crippen molar-refractivity contribution in [2.45, 2.75) is 33.2 Å². The summed E-state index contributed by atoms with van der Waals surface area (Å²) >= 11 is 0. The quantitative estimate of drug-likeness (QED) is 0.766. The predicted octanol–water partition coefficient (Wildman–Crippen LogP) is 1.63. The first-order chi connectivity index (χ1) is 6.13. The number of aryl methyl sites for hydroxylation is 1. The number of nitrogens with one attached hydrogen (secondary N) is 1. The van der Waals surface area contributed by atoms with Gasteiger partial charge in [-0.3, -0.25) is 0 Å². The first kappa shape index (κ1) is 10.1. The van der Waals surface area contributed by atoms with E-state index in [1.165, 1.54) is 0 Å². The molecular weight excluding hydrogens is 162 g/mol. The van der Waals surface area contributed by atoms with Gasteiger partial charge in [0.1, 0.15) is 5.82 Å². The lowest BCUT2D eigenvalue weighted by Crippen LogP contribution is -2.10. The molecule has 0 bridgehead atoms. The molecule has 0 amide bonds. The van der Waals surface area contributed by atoms with E-state index in [1.54, 1.807) is 0 Å². The van der Waals surface area contributed by atoms with E-state index < -0.39 is 0 Å². The van der Waals surface area contributed by atoms with Crippen LogP contribution in [0.5, 0.6) is 0 Å². The Bertz CT molecular complexity index is 281. The van der Waals surface area contributed by atoms with Crippen molar-refractivity contribution in [3.63, 3.8) is 0 Å². The Morgan fingerprint density at radius 2 is 2.08 bits per heavy atom. The standard InChI is InChI=1S/C10H17N3/c1-7(2)10-12-8(3)5-9(13-10)6-11-4/h5,7,11H,6H2,1-4H3. The van der Waals surface area contributed by atoms with Gasteiger partial charge in [-0.1, -0.05) is 13.8 Å². The largest absolute Gasteiger partial charge is 0.314 e. The van der Waals surface area contributed by atoms with Crippen molar-refractivity contribution in [3.05, 3.63) is 23.3 Å². The van der Waals surface area contributed by atoms with Crippen LogP contribution in [-0.2, 0) is 6.54 Å². The minimum Gasteiger partial charge on any atom is -0.314 e. The van der Waals surface area contributed by atoms with E-state index in [0.29, 0.717) is 5.92 Å². The van der Waals surface area contributed by atoms with Gasteiger partial charge in [0, 0.05) is 18.2 Å². The maximum absolute atomic E-state index is 4.45. The summed E-state index contributed by atoms with van der Waals surface area (Å²) in [5, 5.41) is 3.09. The van der Waals surface area contributed by atoms with E-state index in [9.17, 15) is 0 Å². The Morgan fingerprint density at radius 1 is 1.38 bits per heavy atom. The highest BCUT2D eigenvalue weighted by molar-refractivity contribution is 5.11. The first-order valence-corrected chi connectivity index (χ1v) is 4.62. The van der Waals surface area contributed by atoms with Crippen LogP contribution < -0.4 is 5.32 Å². The van der Waals surface area contributed by atoms with Crippen LogP contribution >= 0.6 is 0 Å². The highest BCUT2D eigenvalue weighted by atomic mass is 14.9. The molecule has 0 aromatic carbocycles. The lowest BCUT2D eigenvalue weighted by Gasteiger charge is -2.07. The number of nitrogens with zero attached hydrogens (tertiary/aromatic N) is 2. The number of aromatic nitrogens is 2. The maximum atomic E-state index is 4.45. The third-order valence-electron chi connectivity index (χ3n) is 1.80. The van der Waals surface area contributed by atoms with Crippen LogP contribution in [0.3, 0.4) is 0 Å². The summed E-state index contributed by atoms with van der Waals surface area (Å²) in [6.07, 6.45) is 0. The van der Waals surface area contributed by atoms with E-state index in [4.69, 9.17) is 0 Å². The van der Waals surface area contributed by atoms with Gasteiger partial charge in [0.05, 0.1) is 5.69 Å². The van der Waals surface area contributed by atoms with Gasteiger partial charge in [0.2, 0.25) is 0 Å². The predicted molar refractivity (Wildman–Crippen MR) is 53.6 cm³/mol. The topological polar surface area (TPSA) is 37.8 Å². The van der Waals surface area contributed by atoms with Crippen LogP contribution in [0, 0.1) is 6.92 Å². The van der Waals surface area contributed by atoms with Crippen molar-refractivity contribution in [1.82, 2.24) is 15.3 Å². The molecule has 0 aliphatic rings. The summed E-state index contributed by atoms with van der Waals surface area (Å²) in [6, 6.07) is 2.02. The number of hydrogen-bond acceptors (Lipinski definition) is 3. The molecule has 72 valence electrons. The molecule has 0 fully saturated rings. The fourth-order valence-electron chi connectivity index (χ4n) is 1.19. The first-order valence-electron chi connectivity index (χ1n) is 4.62. The molecule has 0 aliphatic heterocycles. The molecule has 0 aliphatic carbocycles. The molecular formula is C10H17N3. The fraction of sp³-hybridized carbons (Fsp3) is 0.600. The van der Waals surface area contributed by atoms with Crippen LogP contribution in [-0.4, -0.2) is 17.0 Å². The van der Waals surface area contributed by atoms with Crippen LogP contribution in [0.15, 0.2) is 6.07 Å². The van der Waals surface area contributed by atoms with Crippen LogP contribution in [0.1, 0.15) is 37.0 Å². The molecule has 0 unspecified atom stereocenters. The van der Waals surface area contributed by atoms with Gasteiger partial charge in [-0.25, -0.2) is 9.97 Å². The molecule has 1 N–H and O–H groups in total. The fourth-order valence-corrected chi connectivity index (χ4v) is 1.19. The molecule has 1 aromatic heterocycles. The van der Waals surface area contributed by atoms with Crippen molar-refractivity contribution in [2.75, 3.05) is 7.05 Å². The second-order valence-corrected chi connectivity index (χ2v) is 3.54. The molecule has 1 aromatic rings. The molecule has 0 saturated carbocycles. The average molecular weight is 179 g/mol. The Labute approximate surface area is 79.6 Å². The van der Waals surface area contributed by atoms with E-state index in [-0.39, 0.29) is 0 Å². The number of rotatable bonds is 3. The van der Waals surface area contributed by atoms with E-state index in [1.807, 2.05) is 20.0 Å². The van der Waals surface area contributed by atoms with E-state index in [0.717, 1.165) is 23.8 Å². The summed E-state index contributed by atoms with van der Waals surface area (Å²) in [7, 11) is 1.92. The zero-order valence-electron chi connectivity index (χ0n) is 8.76. The van der Waals surface area contributed by atoms with Crippen molar-refractivity contribution in [1.29, 1.82) is 0 Å². The molecule has 0 atom stereocenters. The molecule has 1 heterocycles. The molecule has 0 spiro atoms. The van der Waals surface area contributed by atoms with Gasteiger partial charge < -0.3 is 5.32 Å². The summed E-state index contributed by atoms with van der Waals surface area (Å²) in [5.41, 5.74) is 2.11. The molecule has 3 heteroatoms. The van der Waals surface area contributed by atoms with Gasteiger partial charge in [-0.05, 0) is 20.0 Å². The van der Waals surface area contributed by atoms with Gasteiger partial charge in [0.25, 0.3) is 0 Å². The Morgan fingerprint density at radius 3 is 2.62 bits per heavy atom. The summed E-state index contributed by atoms with van der Waals surface area (Å²) in [5.74, 6) is 1.33. The van der Waals surface area contributed by atoms with Crippen molar-refractivity contribution in [2.24, 2.45) is 0 Å². The average Bonchev–Trinajstić information content (AvgIpc) is 2.03. The SMILES string of the molecule is CNCc1cc(C)nc(C(C)C)n1. The minimum absolute atomic E-state index is 0.399. The van der Waals surface area contributed by atoms with E-state index in [2.05, 4.69) is 29.1 Å². The van der Waals surface area contributed by atoms with Gasteiger partial charge in [-0.15, -0.1) is 0 Å². The Balaban J connectivity index is 2.96. The van der Waals surface area contributed by atoms with Gasteiger partial charge in [-0.2, -0.15) is 0 Å². The molecule has 0 saturated heterocycles. The highest BCUT2D eigenvalue weighted by Crippen LogP contribution is 2.10. The summed E-state index contributed by atoms with van der Waals surface area (Å²) < 4.78 is 0. The van der Waals surface area contributed by atoms with Crippen LogP contribution in [0.2, 0.25) is 0 Å². The van der Waals surface area contributed by atoms with Crippen LogP contribution in [0.25, 0.3) is 0 Å². The molecule has 1 rings (SSSR count). The molecule has 0 radical (unpaired) electrons. The number of hydrogen-bond donors (Lipinski definition) is 1. The van der Waals surface area contributed by atoms with Gasteiger partial charge >= 0.3 is 0 Å². The summed E-state index contributed by atoms with van der Waals surface area (Å²) in [6.45, 7) is 7.03. The van der Waals surface area contributed by atoms with Crippen molar-refractivity contribution < 1.29 is 0 Å². The smallest absolute Gasteiger partial charge is 0.131 e. The second kappa shape index (κ2) is 4.33. The van der Waals surface area contributed by atoms with Gasteiger partial charge in [0.15, 0.2) is 0 Å². The monoisotopic (exact) mass is 179 g/mol. The zero-order valence-corrected chi connectivity index (χ0v) is 8.76. The zero-order chi connectivity index (χ0) is 9.84. The molecule has 3 nitrogen and oxygen atoms in total. The molecule has 13 heavy (non-hydrogen) atoms. The van der Waals surface area contributed by atoms with Crippen LogP contribution in [0.4, 0.5) is 0 Å². The Kier molecular flexibility index (Phi) is 3.37. The van der Waals surface area contributed by atoms with E-state index >= 15 is 0 Å². The second-order valence-electron chi connectivity index (χ2n) is 3.54. The third-order valence-corrected chi connectivity index (χ3v) is 1.80. The lowest BCUT2D eigenvalue weighted by atomic mass is 10.2. The highest BCUT2D eigenvalue weighted by Gasteiger charge is 2.04. The normalized spacial score (nSPS) is 10.8. The Hall–Kier alpha value is -0.960. The minimum atomic E-state index is 0.399. The maximum Gasteiger partial charge on any atom is 0.131 e. The summed E-state index contributed by atoms with van der Waals surface area (Å²) in [4.78, 5) is 8.83. The van der Waals surface area contributed by atoms with Crippen molar-refractivity contribution >= 4 is 0 Å². The van der Waals surface area contributed by atoms with Crippen molar-refractivity contribution in [3.8, 4) is 0 Å². The lowest BCUT2D eigenvalue weighted by molar-refractivity contribution is 0.720. The third kappa shape index (κ3) is 2.77.